The third-order valence-electron chi connectivity index (χ3n) is 3.37. The molecule has 0 aliphatic heterocycles. The standard InChI is InChI=1S/C18H14F2N2O2/c19-16-8-3-12(10-17(16)20)18(23)22-14-6-4-13(5-7-14)21-11-15-2-1-9-24-15/h1-10,21H,11H2,(H,22,23). The molecule has 3 rings (SSSR count). The Hall–Kier alpha value is -3.15. The highest BCUT2D eigenvalue weighted by molar-refractivity contribution is 6.04. The van der Waals surface area contributed by atoms with Crippen LogP contribution in [-0.4, -0.2) is 5.91 Å². The van der Waals surface area contributed by atoms with Crippen LogP contribution in [0.1, 0.15) is 16.1 Å². The van der Waals surface area contributed by atoms with E-state index in [2.05, 4.69) is 10.6 Å². The molecule has 6 heteroatoms. The molecule has 0 aliphatic carbocycles. The highest BCUT2D eigenvalue weighted by Gasteiger charge is 2.10. The minimum Gasteiger partial charge on any atom is -0.467 e. The molecule has 1 heterocycles. The molecule has 0 saturated carbocycles. The topological polar surface area (TPSA) is 54.3 Å². The molecule has 1 amide bonds. The lowest BCUT2D eigenvalue weighted by atomic mass is 10.2. The Morgan fingerprint density at radius 1 is 0.958 bits per heavy atom. The molecule has 0 fully saturated rings. The van der Waals surface area contributed by atoms with Crippen molar-refractivity contribution in [2.45, 2.75) is 6.54 Å². The fraction of sp³-hybridized carbons (Fsp3) is 0.0556. The van der Waals surface area contributed by atoms with Gasteiger partial charge >= 0.3 is 0 Å². The van der Waals surface area contributed by atoms with Crippen molar-refractivity contribution in [3.63, 3.8) is 0 Å². The predicted octanol–water partition coefficient (Wildman–Crippen LogP) is 4.42. The molecule has 122 valence electrons. The molecule has 0 aliphatic rings. The zero-order valence-corrected chi connectivity index (χ0v) is 12.6. The summed E-state index contributed by atoms with van der Waals surface area (Å²) >= 11 is 0. The molecule has 3 aromatic rings. The van der Waals surface area contributed by atoms with Crippen LogP contribution in [0.3, 0.4) is 0 Å². The van der Waals surface area contributed by atoms with Gasteiger partial charge in [0.2, 0.25) is 0 Å². The van der Waals surface area contributed by atoms with Crippen molar-refractivity contribution in [3.05, 3.63) is 83.8 Å². The highest BCUT2D eigenvalue weighted by atomic mass is 19.2. The molecular formula is C18H14F2N2O2. The van der Waals surface area contributed by atoms with E-state index >= 15 is 0 Å². The minimum atomic E-state index is -1.06. The Labute approximate surface area is 137 Å². The Balaban J connectivity index is 1.60. The maximum atomic E-state index is 13.2. The largest absolute Gasteiger partial charge is 0.467 e. The number of carbonyl (C=O) groups is 1. The van der Waals surface area contributed by atoms with Crippen molar-refractivity contribution in [1.82, 2.24) is 0 Å². The van der Waals surface area contributed by atoms with Gasteiger partial charge < -0.3 is 15.1 Å². The first-order valence-electron chi connectivity index (χ1n) is 7.24. The molecular weight excluding hydrogens is 314 g/mol. The Kier molecular flexibility index (Phi) is 4.56. The van der Waals surface area contributed by atoms with Crippen molar-refractivity contribution in [2.24, 2.45) is 0 Å². The first kappa shape index (κ1) is 15.7. The third kappa shape index (κ3) is 3.78. The monoisotopic (exact) mass is 328 g/mol. The third-order valence-corrected chi connectivity index (χ3v) is 3.37. The average Bonchev–Trinajstić information content (AvgIpc) is 3.10. The summed E-state index contributed by atoms with van der Waals surface area (Å²) < 4.78 is 31.3. The van der Waals surface area contributed by atoms with E-state index in [0.717, 1.165) is 23.6 Å². The van der Waals surface area contributed by atoms with Gasteiger partial charge in [-0.2, -0.15) is 0 Å². The Morgan fingerprint density at radius 2 is 1.71 bits per heavy atom. The van der Waals surface area contributed by atoms with Gasteiger partial charge in [0.15, 0.2) is 11.6 Å². The van der Waals surface area contributed by atoms with Gasteiger partial charge in [0.25, 0.3) is 5.91 Å². The first-order chi connectivity index (χ1) is 11.6. The van der Waals surface area contributed by atoms with Crippen molar-refractivity contribution in [1.29, 1.82) is 0 Å². The number of rotatable bonds is 5. The van der Waals surface area contributed by atoms with Gasteiger partial charge in [0.1, 0.15) is 5.76 Å². The van der Waals surface area contributed by atoms with Crippen molar-refractivity contribution < 1.29 is 18.0 Å². The lowest BCUT2D eigenvalue weighted by Gasteiger charge is -2.08. The lowest BCUT2D eigenvalue weighted by Crippen LogP contribution is -2.12. The second kappa shape index (κ2) is 6.95. The van der Waals surface area contributed by atoms with Gasteiger partial charge in [0.05, 0.1) is 12.8 Å². The fourth-order valence-electron chi connectivity index (χ4n) is 2.11. The summed E-state index contributed by atoms with van der Waals surface area (Å²) in [6.07, 6.45) is 1.61. The first-order valence-corrected chi connectivity index (χ1v) is 7.24. The number of benzene rings is 2. The summed E-state index contributed by atoms with van der Waals surface area (Å²) in [5, 5.41) is 5.80. The van der Waals surface area contributed by atoms with Crippen LogP contribution < -0.4 is 10.6 Å². The molecule has 0 radical (unpaired) electrons. The number of amides is 1. The summed E-state index contributed by atoms with van der Waals surface area (Å²) in [5.41, 5.74) is 1.46. The average molecular weight is 328 g/mol. The molecule has 0 unspecified atom stereocenters. The van der Waals surface area contributed by atoms with Crippen molar-refractivity contribution in [2.75, 3.05) is 10.6 Å². The summed E-state index contributed by atoms with van der Waals surface area (Å²) in [6, 6.07) is 13.7. The van der Waals surface area contributed by atoms with E-state index in [1.807, 2.05) is 12.1 Å². The normalized spacial score (nSPS) is 10.4. The summed E-state index contributed by atoms with van der Waals surface area (Å²) in [6.45, 7) is 0.549. The van der Waals surface area contributed by atoms with E-state index in [0.29, 0.717) is 12.2 Å². The van der Waals surface area contributed by atoms with Gasteiger partial charge in [0, 0.05) is 16.9 Å². The molecule has 4 nitrogen and oxygen atoms in total. The maximum absolute atomic E-state index is 13.2. The van der Waals surface area contributed by atoms with Gasteiger partial charge in [-0.15, -0.1) is 0 Å². The van der Waals surface area contributed by atoms with Crippen LogP contribution in [-0.2, 0) is 6.54 Å². The van der Waals surface area contributed by atoms with E-state index in [1.165, 1.54) is 6.07 Å². The van der Waals surface area contributed by atoms with Crippen LogP contribution in [0.2, 0.25) is 0 Å². The number of nitrogens with one attached hydrogen (secondary N) is 2. The number of anilines is 2. The van der Waals surface area contributed by atoms with E-state index in [4.69, 9.17) is 4.42 Å². The van der Waals surface area contributed by atoms with Crippen LogP contribution in [0.4, 0.5) is 20.2 Å². The van der Waals surface area contributed by atoms with E-state index in [-0.39, 0.29) is 5.56 Å². The number of carbonyl (C=O) groups excluding carboxylic acids is 1. The molecule has 0 bridgehead atoms. The second-order valence-electron chi connectivity index (χ2n) is 5.09. The smallest absolute Gasteiger partial charge is 0.255 e. The van der Waals surface area contributed by atoms with E-state index < -0.39 is 17.5 Å². The minimum absolute atomic E-state index is 0.0499. The number of furan rings is 1. The fourth-order valence-corrected chi connectivity index (χ4v) is 2.11. The number of halogens is 2. The predicted molar refractivity (Wildman–Crippen MR) is 86.8 cm³/mol. The van der Waals surface area contributed by atoms with Crippen LogP contribution in [0.15, 0.2) is 65.3 Å². The van der Waals surface area contributed by atoms with E-state index in [1.54, 1.807) is 30.5 Å². The quantitative estimate of drug-likeness (QED) is 0.729. The lowest BCUT2D eigenvalue weighted by molar-refractivity contribution is 0.102. The summed E-state index contributed by atoms with van der Waals surface area (Å²) in [5.74, 6) is -1.74. The Morgan fingerprint density at radius 3 is 2.38 bits per heavy atom. The molecule has 1 aromatic heterocycles. The van der Waals surface area contributed by atoms with E-state index in [9.17, 15) is 13.6 Å². The zero-order valence-electron chi connectivity index (χ0n) is 12.6. The highest BCUT2D eigenvalue weighted by Crippen LogP contribution is 2.16. The molecule has 2 aromatic carbocycles. The molecule has 2 N–H and O–H groups in total. The number of hydrogen-bond acceptors (Lipinski definition) is 3. The van der Waals surface area contributed by atoms with Gasteiger partial charge in [-0.05, 0) is 54.6 Å². The second-order valence-corrected chi connectivity index (χ2v) is 5.09. The van der Waals surface area contributed by atoms with Crippen molar-refractivity contribution >= 4 is 17.3 Å². The Bertz CT molecular complexity index is 831. The SMILES string of the molecule is O=C(Nc1ccc(NCc2ccco2)cc1)c1ccc(F)c(F)c1. The van der Waals surface area contributed by atoms with Gasteiger partial charge in [-0.1, -0.05) is 0 Å². The molecule has 24 heavy (non-hydrogen) atoms. The van der Waals surface area contributed by atoms with Crippen LogP contribution in [0, 0.1) is 11.6 Å². The van der Waals surface area contributed by atoms with Crippen LogP contribution >= 0.6 is 0 Å². The summed E-state index contributed by atoms with van der Waals surface area (Å²) in [4.78, 5) is 12.0. The molecule has 0 saturated heterocycles. The van der Waals surface area contributed by atoms with Gasteiger partial charge in [-0.3, -0.25) is 4.79 Å². The molecule has 0 spiro atoms. The summed E-state index contributed by atoms with van der Waals surface area (Å²) in [7, 11) is 0. The maximum Gasteiger partial charge on any atom is 0.255 e. The molecule has 0 atom stereocenters. The van der Waals surface area contributed by atoms with Gasteiger partial charge in [-0.25, -0.2) is 8.78 Å². The van der Waals surface area contributed by atoms with Crippen LogP contribution in [0.25, 0.3) is 0 Å². The van der Waals surface area contributed by atoms with Crippen molar-refractivity contribution in [3.8, 4) is 0 Å². The number of hydrogen-bond donors (Lipinski definition) is 2. The van der Waals surface area contributed by atoms with Crippen LogP contribution in [0.5, 0.6) is 0 Å². The zero-order chi connectivity index (χ0) is 16.9.